The number of benzene rings is 2. The van der Waals surface area contributed by atoms with Crippen molar-refractivity contribution in [2.75, 3.05) is 0 Å². The zero-order chi connectivity index (χ0) is 20.3. The minimum Gasteiger partial charge on any atom is -0.275 e. The van der Waals surface area contributed by atoms with Gasteiger partial charge in [0.15, 0.2) is 0 Å². The predicted octanol–water partition coefficient (Wildman–Crippen LogP) is 5.04. The van der Waals surface area contributed by atoms with E-state index in [1.165, 1.54) is 17.8 Å². The van der Waals surface area contributed by atoms with Crippen LogP contribution in [0.5, 0.6) is 0 Å². The van der Waals surface area contributed by atoms with Crippen molar-refractivity contribution in [2.24, 2.45) is 7.05 Å². The third-order valence-electron chi connectivity index (χ3n) is 5.32. The fourth-order valence-corrected chi connectivity index (χ4v) is 4.13. The Morgan fingerprint density at radius 1 is 0.897 bits per heavy atom. The minimum atomic E-state index is -0.506. The number of nitrogens with zero attached hydrogens (tertiary/aromatic N) is 5. The molecule has 0 aliphatic heterocycles. The summed E-state index contributed by atoms with van der Waals surface area (Å²) in [6.07, 6.45) is 3.55. The lowest BCUT2D eigenvalue weighted by atomic mass is 9.97. The monoisotopic (exact) mass is 385 g/mol. The molecule has 6 heteroatoms. The van der Waals surface area contributed by atoms with Gasteiger partial charge in [-0.15, -0.1) is 0 Å². The van der Waals surface area contributed by atoms with Crippen LogP contribution in [-0.4, -0.2) is 24.5 Å². The Kier molecular flexibility index (Phi) is 3.77. The van der Waals surface area contributed by atoms with Gasteiger partial charge in [-0.1, -0.05) is 17.7 Å². The van der Waals surface area contributed by atoms with Gasteiger partial charge in [-0.05, 0) is 56.2 Å². The van der Waals surface area contributed by atoms with Gasteiger partial charge in [-0.25, -0.2) is 9.67 Å². The van der Waals surface area contributed by atoms with Gasteiger partial charge in [0, 0.05) is 29.6 Å². The average molecular weight is 385 g/mol. The second-order valence-electron chi connectivity index (χ2n) is 7.57. The molecule has 0 N–H and O–H groups in total. The molecular formula is C23H20FN5. The Bertz CT molecular complexity index is 1390. The molecule has 3 heterocycles. The molecule has 5 nitrogen and oxygen atoms in total. The van der Waals surface area contributed by atoms with Crippen LogP contribution in [0.4, 0.5) is 4.39 Å². The molecular weight excluding hydrogens is 365 g/mol. The van der Waals surface area contributed by atoms with E-state index in [9.17, 15) is 4.39 Å². The number of hydrogen-bond donors (Lipinski definition) is 0. The molecule has 0 saturated carbocycles. The number of aryl methyl sites for hydroxylation is 4. The van der Waals surface area contributed by atoms with Crippen molar-refractivity contribution >= 4 is 21.8 Å². The van der Waals surface area contributed by atoms with Crippen molar-refractivity contribution in [3.63, 3.8) is 0 Å². The molecule has 0 spiro atoms. The van der Waals surface area contributed by atoms with Crippen LogP contribution in [0.2, 0.25) is 0 Å². The van der Waals surface area contributed by atoms with E-state index in [0.29, 0.717) is 0 Å². The van der Waals surface area contributed by atoms with Crippen molar-refractivity contribution in [3.8, 4) is 16.9 Å². The quantitative estimate of drug-likeness (QED) is 0.400. The van der Waals surface area contributed by atoms with Crippen LogP contribution in [-0.2, 0) is 7.05 Å². The smallest absolute Gasteiger partial charge is 0.212 e. The Hall–Kier alpha value is -3.54. The highest BCUT2D eigenvalue weighted by Crippen LogP contribution is 2.37. The van der Waals surface area contributed by atoms with E-state index in [4.69, 9.17) is 5.10 Å². The molecule has 0 bridgehead atoms. The van der Waals surface area contributed by atoms with Crippen LogP contribution < -0.4 is 0 Å². The molecule has 0 amide bonds. The maximum atomic E-state index is 13.4. The van der Waals surface area contributed by atoms with Crippen molar-refractivity contribution < 1.29 is 4.39 Å². The number of rotatable bonds is 2. The summed E-state index contributed by atoms with van der Waals surface area (Å²) in [6, 6.07) is 11.5. The number of pyridine rings is 1. The minimum absolute atomic E-state index is 0.506. The van der Waals surface area contributed by atoms with Gasteiger partial charge in [0.25, 0.3) is 0 Å². The van der Waals surface area contributed by atoms with Crippen molar-refractivity contribution in [2.45, 2.75) is 20.8 Å². The van der Waals surface area contributed by atoms with E-state index in [2.05, 4.69) is 49.1 Å². The van der Waals surface area contributed by atoms with Crippen LogP contribution >= 0.6 is 0 Å². The first-order valence-corrected chi connectivity index (χ1v) is 9.47. The lowest BCUT2D eigenvalue weighted by Gasteiger charge is -2.06. The van der Waals surface area contributed by atoms with Crippen molar-refractivity contribution in [1.82, 2.24) is 24.5 Å². The third-order valence-corrected chi connectivity index (χ3v) is 5.32. The summed E-state index contributed by atoms with van der Waals surface area (Å²) in [5, 5.41) is 11.7. The molecule has 29 heavy (non-hydrogen) atoms. The molecule has 0 atom stereocenters. The number of hydrogen-bond acceptors (Lipinski definition) is 3. The molecule has 0 unspecified atom stereocenters. The molecule has 144 valence electrons. The first-order valence-electron chi connectivity index (χ1n) is 9.47. The molecule has 3 aromatic heterocycles. The van der Waals surface area contributed by atoms with E-state index >= 15 is 0 Å². The highest BCUT2D eigenvalue weighted by atomic mass is 19.1. The molecule has 0 fully saturated rings. The summed E-state index contributed by atoms with van der Waals surface area (Å²) in [5.41, 5.74) is 8.04. The van der Waals surface area contributed by atoms with Gasteiger partial charge in [0.05, 0.1) is 22.9 Å². The molecule has 0 saturated heterocycles. The van der Waals surface area contributed by atoms with Crippen LogP contribution in [0.15, 0.2) is 48.8 Å². The van der Waals surface area contributed by atoms with Gasteiger partial charge in [0.2, 0.25) is 5.95 Å². The first kappa shape index (κ1) is 17.6. The largest absolute Gasteiger partial charge is 0.275 e. The lowest BCUT2D eigenvalue weighted by Crippen LogP contribution is -1.99. The van der Waals surface area contributed by atoms with E-state index in [1.807, 2.05) is 28.7 Å². The standard InChI is InChI=1S/C23H20FN5/c1-13-9-15(3)23-17(10-13)22(27-29(23)16-6-8-20(24)25-11-16)21-14(2)5-7-19-18(21)12-28(4)26-19/h5-12H,1-4H3. The number of fused-ring (bicyclic) bond motifs is 2. The second-order valence-corrected chi connectivity index (χ2v) is 7.57. The van der Waals surface area contributed by atoms with Gasteiger partial charge >= 0.3 is 0 Å². The summed E-state index contributed by atoms with van der Waals surface area (Å²) < 4.78 is 17.1. The topological polar surface area (TPSA) is 48.5 Å². The predicted molar refractivity (Wildman–Crippen MR) is 113 cm³/mol. The molecule has 2 aromatic carbocycles. The lowest BCUT2D eigenvalue weighted by molar-refractivity contribution is 0.582. The van der Waals surface area contributed by atoms with Crippen LogP contribution in [0.1, 0.15) is 16.7 Å². The van der Waals surface area contributed by atoms with Gasteiger partial charge in [-0.2, -0.15) is 14.6 Å². The first-order chi connectivity index (χ1) is 13.9. The van der Waals surface area contributed by atoms with Gasteiger partial charge in [0.1, 0.15) is 5.69 Å². The Morgan fingerprint density at radius 3 is 2.48 bits per heavy atom. The number of aromatic nitrogens is 5. The van der Waals surface area contributed by atoms with E-state index in [1.54, 1.807) is 6.07 Å². The van der Waals surface area contributed by atoms with Crippen molar-refractivity contribution in [3.05, 3.63) is 71.4 Å². The Labute approximate surface area is 167 Å². The fourth-order valence-electron chi connectivity index (χ4n) is 4.13. The molecule has 0 aliphatic rings. The molecule has 5 rings (SSSR count). The van der Waals surface area contributed by atoms with E-state index in [0.717, 1.165) is 49.9 Å². The van der Waals surface area contributed by atoms with E-state index in [-0.39, 0.29) is 0 Å². The average Bonchev–Trinajstić information content (AvgIpc) is 3.23. The van der Waals surface area contributed by atoms with Crippen LogP contribution in [0, 0.1) is 26.7 Å². The highest BCUT2D eigenvalue weighted by molar-refractivity contribution is 6.05. The summed E-state index contributed by atoms with van der Waals surface area (Å²) >= 11 is 0. The Morgan fingerprint density at radius 2 is 1.72 bits per heavy atom. The SMILES string of the molecule is Cc1cc(C)c2c(c1)c(-c1c(C)ccc3nn(C)cc13)nn2-c1ccc(F)nc1. The molecule has 0 radical (unpaired) electrons. The maximum absolute atomic E-state index is 13.4. The van der Waals surface area contributed by atoms with Gasteiger partial charge in [-0.3, -0.25) is 4.68 Å². The highest BCUT2D eigenvalue weighted by Gasteiger charge is 2.20. The van der Waals surface area contributed by atoms with Crippen LogP contribution in [0.25, 0.3) is 38.8 Å². The summed E-state index contributed by atoms with van der Waals surface area (Å²) in [6.45, 7) is 6.25. The van der Waals surface area contributed by atoms with Crippen LogP contribution in [0.3, 0.4) is 0 Å². The van der Waals surface area contributed by atoms with Crippen molar-refractivity contribution in [1.29, 1.82) is 0 Å². The molecule has 0 aliphatic carbocycles. The third kappa shape index (κ3) is 2.71. The summed E-state index contributed by atoms with van der Waals surface area (Å²) in [4.78, 5) is 3.82. The zero-order valence-electron chi connectivity index (χ0n) is 16.7. The Balaban J connectivity index is 1.91. The van der Waals surface area contributed by atoms with E-state index < -0.39 is 5.95 Å². The number of halogens is 1. The molecule has 5 aromatic rings. The summed E-state index contributed by atoms with van der Waals surface area (Å²) in [5.74, 6) is -0.506. The normalized spacial score (nSPS) is 11.6. The summed E-state index contributed by atoms with van der Waals surface area (Å²) in [7, 11) is 1.92. The second kappa shape index (κ2) is 6.24. The maximum Gasteiger partial charge on any atom is 0.212 e. The van der Waals surface area contributed by atoms with Gasteiger partial charge < -0.3 is 0 Å². The fraction of sp³-hybridized carbons (Fsp3) is 0.174. The zero-order valence-corrected chi connectivity index (χ0v) is 16.7.